The molecule has 0 saturated carbocycles. The molecule has 0 amide bonds. The summed E-state index contributed by atoms with van der Waals surface area (Å²) in [6, 6.07) is 4.78. The van der Waals surface area contributed by atoms with Gasteiger partial charge in [0.15, 0.2) is 5.75 Å². The van der Waals surface area contributed by atoms with Gasteiger partial charge in [0.1, 0.15) is 6.61 Å². The van der Waals surface area contributed by atoms with Crippen molar-refractivity contribution in [2.45, 2.75) is 39.3 Å². The van der Waals surface area contributed by atoms with E-state index in [1.165, 1.54) is 6.07 Å². The molecule has 0 radical (unpaired) electrons. The molecule has 1 aromatic rings. The molecule has 1 rings (SSSR count). The zero-order valence-corrected chi connectivity index (χ0v) is 12.2. The smallest absolute Gasteiger partial charge is 0.310 e. The van der Waals surface area contributed by atoms with Gasteiger partial charge in [-0.1, -0.05) is 19.9 Å². The van der Waals surface area contributed by atoms with Gasteiger partial charge in [-0.2, -0.15) is 0 Å². The van der Waals surface area contributed by atoms with E-state index in [0.717, 1.165) is 12.1 Å². The van der Waals surface area contributed by atoms with Crippen LogP contribution in [0.2, 0.25) is 0 Å². The van der Waals surface area contributed by atoms with Crippen LogP contribution in [0.4, 0.5) is 5.69 Å². The lowest BCUT2D eigenvalue weighted by molar-refractivity contribution is -0.386. The lowest BCUT2D eigenvalue weighted by atomic mass is 10.1. The third kappa shape index (κ3) is 4.79. The van der Waals surface area contributed by atoms with Crippen molar-refractivity contribution in [1.82, 2.24) is 5.32 Å². The molecule has 0 aliphatic heterocycles. The van der Waals surface area contributed by atoms with Crippen LogP contribution in [0.25, 0.3) is 0 Å². The van der Waals surface area contributed by atoms with Crippen LogP contribution >= 0.6 is 0 Å². The summed E-state index contributed by atoms with van der Waals surface area (Å²) in [6.45, 7) is 6.92. The Morgan fingerprint density at radius 3 is 2.70 bits per heavy atom. The predicted molar refractivity (Wildman–Crippen MR) is 76.9 cm³/mol. The lowest BCUT2D eigenvalue weighted by Gasteiger charge is -2.21. The third-order valence-corrected chi connectivity index (χ3v) is 3.10. The Morgan fingerprint density at radius 2 is 2.15 bits per heavy atom. The molecule has 112 valence electrons. The van der Waals surface area contributed by atoms with Crippen LogP contribution in [0, 0.1) is 10.1 Å². The van der Waals surface area contributed by atoms with E-state index in [2.05, 4.69) is 5.32 Å². The largest absolute Gasteiger partial charge is 0.484 e. The van der Waals surface area contributed by atoms with Crippen molar-refractivity contribution in [3.8, 4) is 5.75 Å². The highest BCUT2D eigenvalue weighted by Gasteiger charge is 2.22. The van der Waals surface area contributed by atoms with Gasteiger partial charge in [0, 0.05) is 12.6 Å². The zero-order chi connectivity index (χ0) is 15.2. The van der Waals surface area contributed by atoms with Crippen molar-refractivity contribution < 1.29 is 14.8 Å². The van der Waals surface area contributed by atoms with Gasteiger partial charge in [0.25, 0.3) is 0 Å². The minimum absolute atomic E-state index is 0.0228. The Balaban J connectivity index is 2.91. The molecule has 0 aliphatic rings. The summed E-state index contributed by atoms with van der Waals surface area (Å²) in [4.78, 5) is 10.5. The fraction of sp³-hybridized carbons (Fsp3) is 0.571. The number of benzene rings is 1. The molecule has 0 saturated heterocycles. The second-order valence-electron chi connectivity index (χ2n) is 4.98. The second-order valence-corrected chi connectivity index (χ2v) is 4.98. The molecule has 0 fully saturated rings. The van der Waals surface area contributed by atoms with E-state index in [0.29, 0.717) is 13.0 Å². The maximum absolute atomic E-state index is 11.0. The number of hydrogen-bond donors (Lipinski definition) is 2. The number of nitro groups is 1. The first-order chi connectivity index (χ1) is 9.39. The third-order valence-electron chi connectivity index (χ3n) is 3.10. The van der Waals surface area contributed by atoms with Crippen LogP contribution in [0.1, 0.15) is 32.8 Å². The quantitative estimate of drug-likeness (QED) is 0.564. The predicted octanol–water partition coefficient (Wildman–Crippen LogP) is 2.24. The summed E-state index contributed by atoms with van der Waals surface area (Å²) < 4.78 is 5.46. The van der Waals surface area contributed by atoms with Crippen LogP contribution in [0.5, 0.6) is 5.75 Å². The molecule has 2 N–H and O–H groups in total. The second kappa shape index (κ2) is 7.21. The number of aliphatic hydroxyl groups is 1. The van der Waals surface area contributed by atoms with Crippen LogP contribution in [0.3, 0.4) is 0 Å². The minimum Gasteiger partial charge on any atom is -0.484 e. The fourth-order valence-corrected chi connectivity index (χ4v) is 1.54. The van der Waals surface area contributed by atoms with Gasteiger partial charge in [-0.05, 0) is 31.5 Å². The standard InChI is InChI=1S/C14H22N2O4/c1-4-14(3,17)10-20-13-8-11(9-15-5-2)6-7-12(13)16(18)19/h6-8,15,17H,4-5,9-10H2,1-3H3. The molecular weight excluding hydrogens is 260 g/mol. The Bertz CT molecular complexity index is 460. The van der Waals surface area contributed by atoms with E-state index in [1.54, 1.807) is 19.1 Å². The Labute approximate surface area is 118 Å². The van der Waals surface area contributed by atoms with Gasteiger partial charge in [-0.3, -0.25) is 10.1 Å². The van der Waals surface area contributed by atoms with Gasteiger partial charge in [0.2, 0.25) is 0 Å². The summed E-state index contributed by atoms with van der Waals surface area (Å²) in [5, 5.41) is 24.1. The van der Waals surface area contributed by atoms with Crippen molar-refractivity contribution in [3.63, 3.8) is 0 Å². The summed E-state index contributed by atoms with van der Waals surface area (Å²) in [7, 11) is 0. The number of nitro benzene ring substituents is 1. The molecule has 1 aromatic carbocycles. The average Bonchev–Trinajstić information content (AvgIpc) is 2.42. The highest BCUT2D eigenvalue weighted by molar-refractivity contribution is 5.48. The average molecular weight is 282 g/mol. The fourth-order valence-electron chi connectivity index (χ4n) is 1.54. The van der Waals surface area contributed by atoms with Gasteiger partial charge in [-0.15, -0.1) is 0 Å². The number of nitrogens with one attached hydrogen (secondary N) is 1. The molecule has 6 heteroatoms. The molecule has 0 heterocycles. The molecule has 1 atom stereocenters. The molecular formula is C14H22N2O4. The van der Waals surface area contributed by atoms with Crippen molar-refractivity contribution in [2.24, 2.45) is 0 Å². The molecule has 0 spiro atoms. The monoisotopic (exact) mass is 282 g/mol. The molecule has 0 aliphatic carbocycles. The van der Waals surface area contributed by atoms with Crippen molar-refractivity contribution in [2.75, 3.05) is 13.2 Å². The van der Waals surface area contributed by atoms with E-state index in [4.69, 9.17) is 4.74 Å². The highest BCUT2D eigenvalue weighted by Crippen LogP contribution is 2.29. The van der Waals surface area contributed by atoms with Crippen molar-refractivity contribution in [3.05, 3.63) is 33.9 Å². The molecule has 1 unspecified atom stereocenters. The SMILES string of the molecule is CCNCc1ccc([N+](=O)[O-])c(OCC(C)(O)CC)c1. The van der Waals surface area contributed by atoms with E-state index in [9.17, 15) is 15.2 Å². The number of hydrogen-bond acceptors (Lipinski definition) is 5. The number of rotatable bonds is 8. The summed E-state index contributed by atoms with van der Waals surface area (Å²) in [5.74, 6) is 0.194. The van der Waals surface area contributed by atoms with E-state index < -0.39 is 10.5 Å². The molecule has 6 nitrogen and oxygen atoms in total. The van der Waals surface area contributed by atoms with Crippen LogP contribution in [-0.2, 0) is 6.54 Å². The maximum atomic E-state index is 11.0. The Kier molecular flexibility index (Phi) is 5.91. The van der Waals surface area contributed by atoms with Gasteiger partial charge < -0.3 is 15.2 Å². The van der Waals surface area contributed by atoms with Crippen molar-refractivity contribution >= 4 is 5.69 Å². The minimum atomic E-state index is -0.995. The van der Waals surface area contributed by atoms with Crippen molar-refractivity contribution in [1.29, 1.82) is 0 Å². The van der Waals surface area contributed by atoms with Gasteiger partial charge in [-0.25, -0.2) is 0 Å². The highest BCUT2D eigenvalue weighted by atomic mass is 16.6. The number of nitrogens with zero attached hydrogens (tertiary/aromatic N) is 1. The maximum Gasteiger partial charge on any atom is 0.310 e. The van der Waals surface area contributed by atoms with E-state index >= 15 is 0 Å². The van der Waals surface area contributed by atoms with Crippen LogP contribution in [-0.4, -0.2) is 28.8 Å². The summed E-state index contributed by atoms with van der Waals surface area (Å²) in [5.41, 5.74) is -0.174. The first-order valence-corrected chi connectivity index (χ1v) is 6.73. The zero-order valence-electron chi connectivity index (χ0n) is 12.2. The first-order valence-electron chi connectivity index (χ1n) is 6.73. The summed E-state index contributed by atoms with van der Waals surface area (Å²) in [6.07, 6.45) is 0.512. The van der Waals surface area contributed by atoms with Gasteiger partial charge in [0.05, 0.1) is 10.5 Å². The first kappa shape index (κ1) is 16.4. The molecule has 0 aromatic heterocycles. The van der Waals surface area contributed by atoms with E-state index in [1.807, 2.05) is 13.8 Å². The lowest BCUT2D eigenvalue weighted by Crippen LogP contribution is -2.31. The van der Waals surface area contributed by atoms with Crippen LogP contribution < -0.4 is 10.1 Å². The van der Waals surface area contributed by atoms with Gasteiger partial charge >= 0.3 is 5.69 Å². The molecule has 0 bridgehead atoms. The summed E-state index contributed by atoms with van der Waals surface area (Å²) >= 11 is 0. The molecule has 20 heavy (non-hydrogen) atoms. The van der Waals surface area contributed by atoms with Crippen LogP contribution in [0.15, 0.2) is 18.2 Å². The normalized spacial score (nSPS) is 13.8. The number of ether oxygens (including phenoxy) is 1. The Hall–Kier alpha value is -1.66. The topological polar surface area (TPSA) is 84.6 Å². The van der Waals surface area contributed by atoms with E-state index in [-0.39, 0.29) is 18.0 Å². The Morgan fingerprint density at radius 1 is 1.45 bits per heavy atom.